The van der Waals surface area contributed by atoms with Crippen molar-refractivity contribution in [3.8, 4) is 5.75 Å². The summed E-state index contributed by atoms with van der Waals surface area (Å²) in [6.07, 6.45) is 3.42. The first kappa shape index (κ1) is 20.6. The smallest absolute Gasteiger partial charge is 0.118 e. The van der Waals surface area contributed by atoms with Crippen LogP contribution in [0.3, 0.4) is 0 Å². The van der Waals surface area contributed by atoms with Crippen LogP contribution in [0.4, 0.5) is 5.69 Å². The van der Waals surface area contributed by atoms with Crippen LogP contribution in [-0.4, -0.2) is 19.2 Å². The molecule has 0 fully saturated rings. The van der Waals surface area contributed by atoms with Crippen LogP contribution in [0, 0.1) is 0 Å². The summed E-state index contributed by atoms with van der Waals surface area (Å²) >= 11 is 12.3. The van der Waals surface area contributed by atoms with E-state index in [0.29, 0.717) is 16.5 Å². The quantitative estimate of drug-likeness (QED) is 0.612. The Labute approximate surface area is 165 Å². The zero-order valence-electron chi connectivity index (χ0n) is 15.0. The van der Waals surface area contributed by atoms with Gasteiger partial charge in [-0.1, -0.05) is 42.3 Å². The van der Waals surface area contributed by atoms with Gasteiger partial charge >= 0.3 is 0 Å². The van der Waals surface area contributed by atoms with E-state index >= 15 is 0 Å². The van der Waals surface area contributed by atoms with Crippen molar-refractivity contribution in [1.29, 1.82) is 0 Å². The molecule has 6 heteroatoms. The molecule has 4 nitrogen and oxygen atoms in total. The summed E-state index contributed by atoms with van der Waals surface area (Å²) in [6, 6.07) is 12.9. The SMILES string of the molecule is CCC(N)C(N)/C=C(/Cc1ccc(OC)cc1)Nc1ccc(Cl)cc1Cl. The van der Waals surface area contributed by atoms with Gasteiger partial charge in [0.15, 0.2) is 0 Å². The first-order valence-electron chi connectivity index (χ1n) is 8.49. The number of hydrogen-bond donors (Lipinski definition) is 3. The van der Waals surface area contributed by atoms with E-state index in [4.69, 9.17) is 39.4 Å². The molecular weight excluding hydrogens is 369 g/mol. The molecule has 0 bridgehead atoms. The summed E-state index contributed by atoms with van der Waals surface area (Å²) in [5, 5.41) is 4.50. The van der Waals surface area contributed by atoms with E-state index in [9.17, 15) is 0 Å². The lowest BCUT2D eigenvalue weighted by Gasteiger charge is -2.19. The summed E-state index contributed by atoms with van der Waals surface area (Å²) in [4.78, 5) is 0. The molecule has 0 aromatic heterocycles. The summed E-state index contributed by atoms with van der Waals surface area (Å²) in [7, 11) is 1.65. The number of nitrogens with one attached hydrogen (secondary N) is 1. The standard InChI is InChI=1S/C20H25Cl2N3O/c1-3-18(23)19(24)12-15(10-13-4-7-16(26-2)8-5-13)25-20-9-6-14(21)11-17(20)22/h4-9,11-12,18-19,25H,3,10,23-24H2,1-2H3/b15-12-. The molecular formula is C20H25Cl2N3O. The minimum absolute atomic E-state index is 0.108. The Morgan fingerprint density at radius 1 is 1.15 bits per heavy atom. The first-order valence-corrected chi connectivity index (χ1v) is 9.25. The highest BCUT2D eigenvalue weighted by Crippen LogP contribution is 2.27. The second kappa shape index (κ2) is 9.83. The molecule has 0 spiro atoms. The molecule has 2 aromatic rings. The highest BCUT2D eigenvalue weighted by atomic mass is 35.5. The maximum Gasteiger partial charge on any atom is 0.118 e. The maximum absolute atomic E-state index is 6.30. The van der Waals surface area contributed by atoms with Crippen molar-refractivity contribution in [2.24, 2.45) is 11.5 Å². The third kappa shape index (κ3) is 5.92. The molecule has 26 heavy (non-hydrogen) atoms. The number of allylic oxidation sites excluding steroid dienone is 1. The van der Waals surface area contributed by atoms with Gasteiger partial charge in [0.1, 0.15) is 5.75 Å². The van der Waals surface area contributed by atoms with Gasteiger partial charge in [-0.2, -0.15) is 0 Å². The van der Waals surface area contributed by atoms with Crippen LogP contribution >= 0.6 is 23.2 Å². The normalized spacial score (nSPS) is 14.0. The highest BCUT2D eigenvalue weighted by Gasteiger charge is 2.12. The Bertz CT molecular complexity index is 747. The molecule has 0 aliphatic rings. The van der Waals surface area contributed by atoms with E-state index in [-0.39, 0.29) is 12.1 Å². The monoisotopic (exact) mass is 393 g/mol. The van der Waals surface area contributed by atoms with Crippen LogP contribution in [0.1, 0.15) is 18.9 Å². The van der Waals surface area contributed by atoms with Gasteiger partial charge < -0.3 is 21.5 Å². The molecule has 2 unspecified atom stereocenters. The number of benzene rings is 2. The van der Waals surface area contributed by atoms with Crippen molar-refractivity contribution < 1.29 is 4.74 Å². The second-order valence-electron chi connectivity index (χ2n) is 6.12. The maximum atomic E-state index is 6.30. The van der Waals surface area contributed by atoms with Gasteiger partial charge in [-0.25, -0.2) is 0 Å². The molecule has 140 valence electrons. The largest absolute Gasteiger partial charge is 0.497 e. The fourth-order valence-corrected chi connectivity index (χ4v) is 2.96. The highest BCUT2D eigenvalue weighted by molar-refractivity contribution is 6.36. The fourth-order valence-electron chi connectivity index (χ4n) is 2.50. The van der Waals surface area contributed by atoms with Gasteiger partial charge in [0.05, 0.1) is 17.8 Å². The second-order valence-corrected chi connectivity index (χ2v) is 6.96. The number of nitrogens with two attached hydrogens (primary N) is 2. The molecule has 0 amide bonds. The number of ether oxygens (including phenoxy) is 1. The Hall–Kier alpha value is -1.72. The lowest BCUT2D eigenvalue weighted by molar-refractivity contribution is 0.414. The van der Waals surface area contributed by atoms with Gasteiger partial charge in [-0.15, -0.1) is 0 Å². The molecule has 5 N–H and O–H groups in total. The van der Waals surface area contributed by atoms with Gasteiger partial charge in [-0.3, -0.25) is 0 Å². The number of hydrogen-bond acceptors (Lipinski definition) is 4. The summed E-state index contributed by atoms with van der Waals surface area (Å²) in [6.45, 7) is 2.02. The summed E-state index contributed by atoms with van der Waals surface area (Å²) < 4.78 is 5.21. The molecule has 0 heterocycles. The molecule has 0 aliphatic heterocycles. The van der Waals surface area contributed by atoms with Crippen LogP contribution in [0.2, 0.25) is 10.0 Å². The van der Waals surface area contributed by atoms with Gasteiger partial charge in [-0.05, 0) is 48.4 Å². The van der Waals surface area contributed by atoms with E-state index in [1.54, 1.807) is 19.2 Å². The van der Waals surface area contributed by atoms with Crippen molar-refractivity contribution in [2.75, 3.05) is 12.4 Å². The third-order valence-electron chi connectivity index (χ3n) is 4.14. The Balaban J connectivity index is 2.26. The number of halogens is 2. The van der Waals surface area contributed by atoms with Crippen molar-refractivity contribution in [3.05, 3.63) is 69.8 Å². The molecule has 0 saturated heterocycles. The van der Waals surface area contributed by atoms with E-state index in [0.717, 1.165) is 29.1 Å². The molecule has 0 aliphatic carbocycles. The molecule has 0 radical (unpaired) electrons. The van der Waals surface area contributed by atoms with Crippen molar-refractivity contribution in [3.63, 3.8) is 0 Å². The van der Waals surface area contributed by atoms with Crippen molar-refractivity contribution in [1.82, 2.24) is 0 Å². The summed E-state index contributed by atoms with van der Waals surface area (Å²) in [5.74, 6) is 0.817. The van der Waals surface area contributed by atoms with E-state index in [2.05, 4.69) is 5.32 Å². The van der Waals surface area contributed by atoms with Crippen LogP contribution in [0.15, 0.2) is 54.2 Å². The minimum atomic E-state index is -0.258. The molecule has 0 saturated carbocycles. The van der Waals surface area contributed by atoms with Crippen LogP contribution in [0.25, 0.3) is 0 Å². The van der Waals surface area contributed by atoms with E-state index in [1.807, 2.05) is 43.3 Å². The predicted octanol–water partition coefficient (Wildman–Crippen LogP) is 4.61. The molecule has 2 rings (SSSR count). The van der Waals surface area contributed by atoms with Crippen LogP contribution < -0.4 is 21.5 Å². The summed E-state index contributed by atoms with van der Waals surface area (Å²) in [5.41, 5.74) is 15.1. The number of methoxy groups -OCH3 is 1. The van der Waals surface area contributed by atoms with Crippen molar-refractivity contribution >= 4 is 28.9 Å². The van der Waals surface area contributed by atoms with Gasteiger partial charge in [0.2, 0.25) is 0 Å². The average molecular weight is 394 g/mol. The first-order chi connectivity index (χ1) is 12.4. The van der Waals surface area contributed by atoms with Gasteiger partial charge in [0, 0.05) is 29.2 Å². The average Bonchev–Trinajstić information content (AvgIpc) is 2.63. The Kier molecular flexibility index (Phi) is 7.79. The van der Waals surface area contributed by atoms with E-state index in [1.165, 1.54) is 0 Å². The van der Waals surface area contributed by atoms with Crippen molar-refractivity contribution in [2.45, 2.75) is 31.8 Å². The lowest BCUT2D eigenvalue weighted by atomic mass is 10.0. The number of anilines is 1. The third-order valence-corrected chi connectivity index (χ3v) is 4.69. The fraction of sp³-hybridized carbons (Fsp3) is 0.300. The predicted molar refractivity (Wildman–Crippen MR) is 111 cm³/mol. The van der Waals surface area contributed by atoms with Crippen LogP contribution in [-0.2, 0) is 6.42 Å². The molecule has 2 atom stereocenters. The van der Waals surface area contributed by atoms with Gasteiger partial charge in [0.25, 0.3) is 0 Å². The number of rotatable bonds is 8. The zero-order valence-corrected chi connectivity index (χ0v) is 16.5. The molecule has 2 aromatic carbocycles. The lowest BCUT2D eigenvalue weighted by Crippen LogP contribution is -2.39. The van der Waals surface area contributed by atoms with E-state index < -0.39 is 0 Å². The van der Waals surface area contributed by atoms with Crippen LogP contribution in [0.5, 0.6) is 5.75 Å². The minimum Gasteiger partial charge on any atom is -0.497 e. The Morgan fingerprint density at radius 2 is 1.85 bits per heavy atom. The topological polar surface area (TPSA) is 73.3 Å². The Morgan fingerprint density at radius 3 is 2.42 bits per heavy atom. The zero-order chi connectivity index (χ0) is 19.1.